The first kappa shape index (κ1) is 27.6. The van der Waals surface area contributed by atoms with E-state index in [1.165, 1.54) is 36.4 Å². The van der Waals surface area contributed by atoms with E-state index in [-0.39, 0.29) is 50.6 Å². The maximum Gasteiger partial charge on any atom is 0.292 e. The Morgan fingerprint density at radius 2 is 1.32 bits per heavy atom. The fraction of sp³-hybridized carbons (Fsp3) is 0. The molecule has 0 saturated carbocycles. The van der Waals surface area contributed by atoms with Gasteiger partial charge in [0.25, 0.3) is 11.4 Å². The highest BCUT2D eigenvalue weighted by Crippen LogP contribution is 2.29. The van der Waals surface area contributed by atoms with Crippen LogP contribution >= 0.6 is 23.2 Å². The van der Waals surface area contributed by atoms with Crippen molar-refractivity contribution < 1.29 is 18.6 Å². The number of nitrogens with two attached hydrogens (primary N) is 2. The Bertz CT molecular complexity index is 1530. The molecule has 0 aliphatic heterocycles. The summed E-state index contributed by atoms with van der Waals surface area (Å²) in [5.74, 6) is -1.68. The SMILES string of the molecule is Fc1cnc(Cl)nc1Cl.Nc1cc(Nc2ncc(F)c(Nc3ccc([N+](=O)[O-])c(N)c3)n2)ccc1[N+](=O)[O-]. The number of hydrogen-bond donors (Lipinski definition) is 4. The lowest BCUT2D eigenvalue weighted by atomic mass is 10.2. The fourth-order valence-electron chi connectivity index (χ4n) is 2.70. The first-order chi connectivity index (χ1) is 17.9. The summed E-state index contributed by atoms with van der Waals surface area (Å²) in [6, 6.07) is 7.71. The van der Waals surface area contributed by atoms with Crippen LogP contribution in [0.5, 0.6) is 0 Å². The van der Waals surface area contributed by atoms with Gasteiger partial charge in [-0.2, -0.15) is 4.98 Å². The monoisotopic (exact) mass is 566 g/mol. The normalized spacial score (nSPS) is 10.2. The van der Waals surface area contributed by atoms with Crippen molar-refractivity contribution in [2.24, 2.45) is 0 Å². The van der Waals surface area contributed by atoms with E-state index in [0.29, 0.717) is 5.69 Å². The van der Waals surface area contributed by atoms with E-state index in [2.05, 4.69) is 30.6 Å². The lowest BCUT2D eigenvalue weighted by molar-refractivity contribution is -0.384. The Kier molecular flexibility index (Phi) is 8.61. The van der Waals surface area contributed by atoms with Crippen molar-refractivity contribution in [3.05, 3.63) is 91.1 Å². The molecule has 14 nitrogen and oxygen atoms in total. The molecule has 196 valence electrons. The molecule has 2 aromatic heterocycles. The van der Waals surface area contributed by atoms with Crippen LogP contribution in [0.15, 0.2) is 48.8 Å². The van der Waals surface area contributed by atoms with Gasteiger partial charge in [-0.1, -0.05) is 11.6 Å². The second-order valence-corrected chi connectivity index (χ2v) is 7.68. The van der Waals surface area contributed by atoms with Gasteiger partial charge in [0.15, 0.2) is 22.6 Å². The summed E-state index contributed by atoms with van der Waals surface area (Å²) in [6.45, 7) is 0. The van der Waals surface area contributed by atoms with E-state index in [0.717, 1.165) is 12.4 Å². The third-order valence-electron chi connectivity index (χ3n) is 4.38. The highest BCUT2D eigenvalue weighted by molar-refractivity contribution is 6.31. The van der Waals surface area contributed by atoms with Crippen LogP contribution in [0.25, 0.3) is 0 Å². The number of benzene rings is 2. The highest BCUT2D eigenvalue weighted by atomic mass is 35.5. The van der Waals surface area contributed by atoms with Crippen LogP contribution in [-0.2, 0) is 0 Å². The minimum Gasteiger partial charge on any atom is -0.393 e. The first-order valence-corrected chi connectivity index (χ1v) is 10.7. The molecule has 38 heavy (non-hydrogen) atoms. The zero-order valence-electron chi connectivity index (χ0n) is 18.6. The van der Waals surface area contributed by atoms with Crippen LogP contribution in [0.2, 0.25) is 10.4 Å². The van der Waals surface area contributed by atoms with Crippen molar-refractivity contribution in [2.75, 3.05) is 22.1 Å². The topological polar surface area (TPSA) is 214 Å². The molecule has 0 aliphatic carbocycles. The van der Waals surface area contributed by atoms with Crippen molar-refractivity contribution in [2.45, 2.75) is 0 Å². The Morgan fingerprint density at radius 3 is 1.79 bits per heavy atom. The highest BCUT2D eigenvalue weighted by Gasteiger charge is 2.15. The number of nitro groups is 2. The molecule has 0 aliphatic rings. The van der Waals surface area contributed by atoms with Crippen molar-refractivity contribution in [3.8, 4) is 0 Å². The van der Waals surface area contributed by atoms with E-state index >= 15 is 0 Å². The van der Waals surface area contributed by atoms with Gasteiger partial charge in [0.05, 0.1) is 22.2 Å². The van der Waals surface area contributed by atoms with Gasteiger partial charge in [-0.15, -0.1) is 0 Å². The molecule has 4 aromatic rings. The summed E-state index contributed by atoms with van der Waals surface area (Å²) in [5.41, 5.74) is 11.2. The summed E-state index contributed by atoms with van der Waals surface area (Å²) in [5, 5.41) is 26.7. The second-order valence-electron chi connectivity index (χ2n) is 6.98. The largest absolute Gasteiger partial charge is 0.393 e. The smallest absolute Gasteiger partial charge is 0.292 e. The van der Waals surface area contributed by atoms with Gasteiger partial charge < -0.3 is 22.1 Å². The second kappa shape index (κ2) is 11.8. The predicted octanol–water partition coefficient (Wildman–Crippen LogP) is 5.01. The molecule has 0 radical (unpaired) electrons. The van der Waals surface area contributed by atoms with Crippen molar-refractivity contribution in [1.82, 2.24) is 19.9 Å². The number of nitrogen functional groups attached to an aromatic ring is 2. The number of aromatic nitrogens is 4. The quantitative estimate of drug-likeness (QED) is 0.0796. The maximum atomic E-state index is 14.1. The maximum absolute atomic E-state index is 14.1. The molecular weight excluding hydrogens is 553 g/mol. The molecule has 18 heteroatoms. The summed E-state index contributed by atoms with van der Waals surface area (Å²) in [7, 11) is 0. The van der Waals surface area contributed by atoms with Gasteiger partial charge >= 0.3 is 0 Å². The standard InChI is InChI=1S/C16H13FN8O4.C4HCl2FN2/c17-10-7-20-16(22-9-2-4-14(25(28)29)12(19)6-9)23-15(10)21-8-1-3-13(24(26)27)11(18)5-8;5-3-2(7)1-8-4(6)9-3/h1-7H,18-19H2,(H2,20,21,22,23);1H. The average Bonchev–Trinajstić information content (AvgIpc) is 2.84. The number of nitrogens with zero attached hydrogens (tertiary/aromatic N) is 6. The minimum absolute atomic E-state index is 0.0166. The van der Waals surface area contributed by atoms with E-state index in [9.17, 15) is 29.0 Å². The molecule has 0 fully saturated rings. The number of rotatable bonds is 6. The van der Waals surface area contributed by atoms with Gasteiger partial charge in [-0.3, -0.25) is 20.2 Å². The molecule has 0 bridgehead atoms. The van der Waals surface area contributed by atoms with Gasteiger partial charge in [0.2, 0.25) is 11.2 Å². The van der Waals surface area contributed by atoms with Crippen LogP contribution in [0.1, 0.15) is 0 Å². The summed E-state index contributed by atoms with van der Waals surface area (Å²) < 4.78 is 26.2. The minimum atomic E-state index is -0.782. The molecule has 0 amide bonds. The van der Waals surface area contributed by atoms with Crippen LogP contribution in [0.3, 0.4) is 0 Å². The molecule has 0 spiro atoms. The van der Waals surface area contributed by atoms with Gasteiger partial charge in [0, 0.05) is 23.5 Å². The zero-order chi connectivity index (χ0) is 28.0. The van der Waals surface area contributed by atoms with Crippen molar-refractivity contribution >= 4 is 69.1 Å². The fourth-order valence-corrected chi connectivity index (χ4v) is 3.01. The Labute approximate surface area is 221 Å². The van der Waals surface area contributed by atoms with Crippen LogP contribution in [0.4, 0.5) is 54.7 Å². The number of anilines is 6. The third-order valence-corrected chi connectivity index (χ3v) is 4.83. The molecule has 2 aromatic carbocycles. The predicted molar refractivity (Wildman–Crippen MR) is 136 cm³/mol. The number of hydrogen-bond acceptors (Lipinski definition) is 12. The van der Waals surface area contributed by atoms with Crippen LogP contribution < -0.4 is 22.1 Å². The summed E-state index contributed by atoms with van der Waals surface area (Å²) >= 11 is 10.4. The third kappa shape index (κ3) is 7.05. The van der Waals surface area contributed by atoms with Crippen molar-refractivity contribution in [1.29, 1.82) is 0 Å². The number of nitrogens with one attached hydrogen (secondary N) is 2. The molecule has 0 unspecified atom stereocenters. The molecule has 2 heterocycles. The number of halogens is 4. The average molecular weight is 567 g/mol. The Hall–Kier alpha value is -4.96. The lowest BCUT2D eigenvalue weighted by Gasteiger charge is -2.10. The summed E-state index contributed by atoms with van der Waals surface area (Å²) in [4.78, 5) is 34.8. The molecule has 6 N–H and O–H groups in total. The van der Waals surface area contributed by atoms with Gasteiger partial charge in [0.1, 0.15) is 11.4 Å². The zero-order valence-corrected chi connectivity index (χ0v) is 20.1. The Balaban J connectivity index is 0.000000375. The van der Waals surface area contributed by atoms with E-state index in [1.807, 2.05) is 0 Å². The molecule has 0 saturated heterocycles. The van der Waals surface area contributed by atoms with E-state index in [4.69, 9.17) is 34.7 Å². The van der Waals surface area contributed by atoms with E-state index < -0.39 is 21.5 Å². The summed E-state index contributed by atoms with van der Waals surface area (Å²) in [6.07, 6.45) is 1.82. The molecular formula is C20H14Cl2F2N10O4. The van der Waals surface area contributed by atoms with Gasteiger partial charge in [-0.05, 0) is 35.9 Å². The molecule has 0 atom stereocenters. The number of nitro benzene ring substituents is 2. The first-order valence-electron chi connectivity index (χ1n) is 9.92. The lowest BCUT2D eigenvalue weighted by Crippen LogP contribution is -2.04. The van der Waals surface area contributed by atoms with Crippen LogP contribution in [-0.4, -0.2) is 29.8 Å². The van der Waals surface area contributed by atoms with Crippen molar-refractivity contribution in [3.63, 3.8) is 0 Å². The van der Waals surface area contributed by atoms with Gasteiger partial charge in [-0.25, -0.2) is 23.7 Å². The molecule has 4 rings (SSSR count). The Morgan fingerprint density at radius 1 is 0.789 bits per heavy atom. The van der Waals surface area contributed by atoms with E-state index in [1.54, 1.807) is 0 Å². The van der Waals surface area contributed by atoms with Crippen LogP contribution in [0, 0.1) is 31.9 Å².